The van der Waals surface area contributed by atoms with Crippen molar-refractivity contribution < 1.29 is 27.6 Å². The first-order chi connectivity index (χ1) is 15.5. The number of nitro benzene ring substituents is 1. The molecule has 33 heavy (non-hydrogen) atoms. The van der Waals surface area contributed by atoms with Crippen LogP contribution in [0.4, 0.5) is 5.69 Å². The van der Waals surface area contributed by atoms with E-state index < -0.39 is 49.6 Å². The molecule has 0 aromatic heterocycles. The molecule has 0 amide bonds. The highest BCUT2D eigenvalue weighted by Crippen LogP contribution is 2.25. The minimum absolute atomic E-state index is 0.0767. The van der Waals surface area contributed by atoms with E-state index in [0.717, 1.165) is 11.6 Å². The molecule has 178 valence electrons. The van der Waals surface area contributed by atoms with Gasteiger partial charge in [0.1, 0.15) is 6.10 Å². The first kappa shape index (κ1) is 25.0. The fourth-order valence-corrected chi connectivity index (χ4v) is 4.65. The molecular formula is C23H28N2O7S. The molecule has 1 N–H and O–H groups in total. The summed E-state index contributed by atoms with van der Waals surface area (Å²) in [4.78, 5) is 10.2. The van der Waals surface area contributed by atoms with Crippen LogP contribution in [-0.2, 0) is 30.8 Å². The van der Waals surface area contributed by atoms with Crippen molar-refractivity contribution in [1.29, 1.82) is 0 Å². The van der Waals surface area contributed by atoms with E-state index in [-0.39, 0.29) is 6.61 Å². The molecule has 0 radical (unpaired) electrons. The van der Waals surface area contributed by atoms with Gasteiger partial charge in [0.15, 0.2) is 11.2 Å². The van der Waals surface area contributed by atoms with E-state index in [2.05, 4.69) is 4.72 Å². The van der Waals surface area contributed by atoms with Crippen LogP contribution in [-0.4, -0.2) is 44.0 Å². The van der Waals surface area contributed by atoms with Crippen LogP contribution >= 0.6 is 0 Å². The SMILES string of the molecule is CC(C)(C)O[C@H]1C=C[C@@H](NS(=O)(=O)c2ccccc2[N+](=O)[O-])[C@@H](COCc2ccccc2)O1. The molecule has 3 rings (SSSR count). The largest absolute Gasteiger partial charge is 0.374 e. The van der Waals surface area contributed by atoms with E-state index in [9.17, 15) is 18.5 Å². The Kier molecular flexibility index (Phi) is 7.98. The van der Waals surface area contributed by atoms with Crippen molar-refractivity contribution in [3.63, 3.8) is 0 Å². The zero-order valence-electron chi connectivity index (χ0n) is 18.7. The highest BCUT2D eigenvalue weighted by atomic mass is 32.2. The van der Waals surface area contributed by atoms with Gasteiger partial charge < -0.3 is 14.2 Å². The molecule has 10 heteroatoms. The van der Waals surface area contributed by atoms with Crippen molar-refractivity contribution >= 4 is 15.7 Å². The monoisotopic (exact) mass is 476 g/mol. The van der Waals surface area contributed by atoms with E-state index in [1.165, 1.54) is 18.2 Å². The summed E-state index contributed by atoms with van der Waals surface area (Å²) in [5.41, 5.74) is -0.0264. The van der Waals surface area contributed by atoms with Crippen molar-refractivity contribution in [2.24, 2.45) is 0 Å². The maximum atomic E-state index is 13.0. The van der Waals surface area contributed by atoms with Crippen LogP contribution in [0.15, 0.2) is 71.6 Å². The average Bonchev–Trinajstić information content (AvgIpc) is 2.75. The average molecular weight is 477 g/mol. The third kappa shape index (κ3) is 7.18. The van der Waals surface area contributed by atoms with E-state index >= 15 is 0 Å². The molecule has 0 saturated heterocycles. The van der Waals surface area contributed by atoms with Crippen LogP contribution < -0.4 is 4.72 Å². The first-order valence-electron chi connectivity index (χ1n) is 10.4. The molecule has 0 bridgehead atoms. The van der Waals surface area contributed by atoms with E-state index in [0.29, 0.717) is 6.61 Å². The van der Waals surface area contributed by atoms with Crippen molar-refractivity contribution in [3.05, 3.63) is 82.4 Å². The molecule has 2 aromatic rings. The van der Waals surface area contributed by atoms with Crippen LogP contribution in [0.1, 0.15) is 26.3 Å². The smallest absolute Gasteiger partial charge is 0.289 e. The Morgan fingerprint density at radius 2 is 1.73 bits per heavy atom. The number of para-hydroxylation sites is 1. The maximum Gasteiger partial charge on any atom is 0.289 e. The predicted octanol–water partition coefficient (Wildman–Crippen LogP) is 3.55. The summed E-state index contributed by atoms with van der Waals surface area (Å²) in [5.74, 6) is 0. The summed E-state index contributed by atoms with van der Waals surface area (Å²) in [6, 6.07) is 13.9. The number of nitro groups is 1. The van der Waals surface area contributed by atoms with Gasteiger partial charge >= 0.3 is 0 Å². The molecule has 0 unspecified atom stereocenters. The summed E-state index contributed by atoms with van der Waals surface area (Å²) < 4.78 is 46.1. The molecule has 1 aliphatic heterocycles. The van der Waals surface area contributed by atoms with Gasteiger partial charge in [-0.05, 0) is 38.5 Å². The molecule has 0 aliphatic carbocycles. The molecule has 1 heterocycles. The minimum Gasteiger partial charge on any atom is -0.374 e. The molecule has 1 aliphatic rings. The number of benzene rings is 2. The number of sulfonamides is 1. The third-order valence-corrected chi connectivity index (χ3v) is 6.20. The third-order valence-electron chi connectivity index (χ3n) is 4.69. The molecule has 9 nitrogen and oxygen atoms in total. The maximum absolute atomic E-state index is 13.0. The van der Waals surface area contributed by atoms with Crippen molar-refractivity contribution in [2.75, 3.05) is 6.61 Å². The molecule has 3 atom stereocenters. The second-order valence-electron chi connectivity index (χ2n) is 8.53. The summed E-state index contributed by atoms with van der Waals surface area (Å²) in [6.07, 6.45) is 1.83. The van der Waals surface area contributed by atoms with Crippen LogP contribution in [0.3, 0.4) is 0 Å². The van der Waals surface area contributed by atoms with Gasteiger partial charge in [-0.25, -0.2) is 13.1 Å². The van der Waals surface area contributed by atoms with Gasteiger partial charge in [-0.15, -0.1) is 0 Å². The summed E-state index contributed by atoms with van der Waals surface area (Å²) >= 11 is 0. The Balaban J connectivity index is 1.79. The fourth-order valence-electron chi connectivity index (χ4n) is 3.26. The van der Waals surface area contributed by atoms with E-state index in [4.69, 9.17) is 14.2 Å². The summed E-state index contributed by atoms with van der Waals surface area (Å²) in [6.45, 7) is 6.05. The molecule has 0 fully saturated rings. The zero-order valence-corrected chi connectivity index (χ0v) is 19.5. The standard InChI is InChI=1S/C23H28N2O7S/c1-23(2,3)32-22-14-13-18(20(31-22)16-30-15-17-9-5-4-6-10-17)24-33(28,29)21-12-8-7-11-19(21)25(26)27/h4-14,18,20,22,24H,15-16H2,1-3H3/t18-,20-,22+/m1/s1. The normalized spacial score (nSPS) is 21.1. The van der Waals surface area contributed by atoms with E-state index in [1.54, 1.807) is 12.2 Å². The van der Waals surface area contributed by atoms with Gasteiger partial charge in [0.05, 0.1) is 29.8 Å². The number of nitrogens with one attached hydrogen (secondary N) is 1. The highest BCUT2D eigenvalue weighted by Gasteiger charge is 2.35. The Labute approximate surface area is 193 Å². The molecule has 0 spiro atoms. The van der Waals surface area contributed by atoms with Crippen molar-refractivity contribution in [1.82, 2.24) is 4.72 Å². The summed E-state index contributed by atoms with van der Waals surface area (Å²) in [7, 11) is -4.22. The Morgan fingerprint density at radius 1 is 1.06 bits per heavy atom. The van der Waals surface area contributed by atoms with Gasteiger partial charge in [-0.2, -0.15) is 0 Å². The van der Waals surface area contributed by atoms with Crippen LogP contribution in [0.5, 0.6) is 0 Å². The number of nitrogens with zero attached hydrogens (tertiary/aromatic N) is 1. The lowest BCUT2D eigenvalue weighted by Crippen LogP contribution is -2.50. The van der Waals surface area contributed by atoms with Crippen LogP contribution in [0.25, 0.3) is 0 Å². The van der Waals surface area contributed by atoms with Gasteiger partial charge in [0.2, 0.25) is 10.0 Å². The van der Waals surface area contributed by atoms with Gasteiger partial charge in [0.25, 0.3) is 5.69 Å². The Hall–Kier alpha value is -2.63. The number of rotatable bonds is 9. The van der Waals surface area contributed by atoms with Gasteiger partial charge in [-0.1, -0.05) is 48.5 Å². The lowest BCUT2D eigenvalue weighted by atomic mass is 10.1. The minimum atomic E-state index is -4.22. The lowest BCUT2D eigenvalue weighted by Gasteiger charge is -2.35. The highest BCUT2D eigenvalue weighted by molar-refractivity contribution is 7.89. The Morgan fingerprint density at radius 3 is 2.39 bits per heavy atom. The van der Waals surface area contributed by atoms with Gasteiger partial charge in [-0.3, -0.25) is 10.1 Å². The van der Waals surface area contributed by atoms with Crippen LogP contribution in [0, 0.1) is 10.1 Å². The second-order valence-corrected chi connectivity index (χ2v) is 10.2. The predicted molar refractivity (Wildman–Crippen MR) is 122 cm³/mol. The quantitative estimate of drug-likeness (QED) is 0.334. The molecule has 2 aromatic carbocycles. The van der Waals surface area contributed by atoms with Crippen molar-refractivity contribution in [2.45, 2.75) is 56.3 Å². The molecular weight excluding hydrogens is 448 g/mol. The number of hydrogen-bond acceptors (Lipinski definition) is 7. The summed E-state index contributed by atoms with van der Waals surface area (Å²) in [5, 5.41) is 11.3. The topological polar surface area (TPSA) is 117 Å². The van der Waals surface area contributed by atoms with E-state index in [1.807, 2.05) is 51.1 Å². The second kappa shape index (κ2) is 10.5. The fraction of sp³-hybridized carbons (Fsp3) is 0.391. The first-order valence-corrected chi connectivity index (χ1v) is 11.9. The number of ether oxygens (including phenoxy) is 3. The lowest BCUT2D eigenvalue weighted by molar-refractivity contribution is -0.387. The number of hydrogen-bond donors (Lipinski definition) is 1. The molecule has 0 saturated carbocycles. The van der Waals surface area contributed by atoms with Crippen LogP contribution in [0.2, 0.25) is 0 Å². The zero-order chi connectivity index (χ0) is 24.1. The van der Waals surface area contributed by atoms with Crippen molar-refractivity contribution in [3.8, 4) is 0 Å². The Bertz CT molecular complexity index is 1080. The van der Waals surface area contributed by atoms with Gasteiger partial charge in [0, 0.05) is 6.07 Å².